The molecule has 0 aliphatic carbocycles. The Kier molecular flexibility index (Phi) is 16.8. The van der Waals surface area contributed by atoms with Gasteiger partial charge in [-0.25, -0.2) is 0 Å². The van der Waals surface area contributed by atoms with Crippen LogP contribution in [0.5, 0.6) is 17.6 Å². The highest BCUT2D eigenvalue weighted by Crippen LogP contribution is 2.29. The summed E-state index contributed by atoms with van der Waals surface area (Å²) in [6.07, 6.45) is 2.51. The monoisotopic (exact) mass is 1290 g/mol. The first-order valence-electron chi connectivity index (χ1n) is 16.8. The number of halogens is 6. The van der Waals surface area contributed by atoms with E-state index in [-0.39, 0.29) is 71.9 Å². The highest BCUT2D eigenvalue weighted by atomic mass is 127. The van der Waals surface area contributed by atoms with Gasteiger partial charge in [-0.05, 0) is 73.9 Å². The molecule has 3 aromatic carbocycles. The van der Waals surface area contributed by atoms with Gasteiger partial charge in [0.05, 0.1) is 15.0 Å². The number of hydrogen-bond donors (Lipinski definition) is 0. The molecule has 6 heterocycles. The van der Waals surface area contributed by atoms with E-state index in [9.17, 15) is 14.4 Å². The lowest BCUT2D eigenvalue weighted by Gasteiger charge is -2.01. The van der Waals surface area contributed by atoms with Crippen LogP contribution in [0.1, 0.15) is 47.8 Å². The van der Waals surface area contributed by atoms with E-state index < -0.39 is 0 Å². The van der Waals surface area contributed by atoms with Crippen LogP contribution in [0.25, 0.3) is 49.8 Å². The fraction of sp³-hybridized carbons (Fsp3) is 0.143. The summed E-state index contributed by atoms with van der Waals surface area (Å²) in [6, 6.07) is 24.1. The Labute approximate surface area is 405 Å². The van der Waals surface area contributed by atoms with Crippen molar-refractivity contribution in [3.63, 3.8) is 0 Å². The first kappa shape index (κ1) is 46.8. The first-order valence-corrected chi connectivity index (χ1v) is 19.6. The number of fused-ring (bicyclic) bond motifs is 9. The Hall–Kier alpha value is -2.85. The minimum absolute atomic E-state index is 0. The molecule has 3 aromatic heterocycles. The van der Waals surface area contributed by atoms with Gasteiger partial charge < -0.3 is 86.1 Å². The number of rotatable bonds is 3. The number of aldehydes is 3. The molecule has 0 spiro atoms. The second-order valence-electron chi connectivity index (χ2n) is 12.9. The quantitative estimate of drug-likeness (QED) is 0.135. The summed E-state index contributed by atoms with van der Waals surface area (Å²) in [4.78, 5) is 38.9. The molecule has 294 valence electrons. The van der Waals surface area contributed by atoms with Gasteiger partial charge in [0.1, 0.15) is 16.7 Å². The summed E-state index contributed by atoms with van der Waals surface area (Å²) >= 11 is 10.0. The lowest BCUT2D eigenvalue weighted by molar-refractivity contribution is -0.544. The number of hydrogen-bond acceptors (Lipinski definition) is 6. The Balaban J connectivity index is 0.000000185. The number of aromatic nitrogens is 3. The van der Waals surface area contributed by atoms with Crippen molar-refractivity contribution in [2.75, 3.05) is 19.8 Å². The molecular weight excluding hydrogens is 1260 g/mol. The summed E-state index contributed by atoms with van der Waals surface area (Å²) in [5, 5.41) is 3.09. The highest BCUT2D eigenvalue weighted by Gasteiger charge is 2.35. The van der Waals surface area contributed by atoms with Crippen molar-refractivity contribution < 1.29 is 114 Å². The Morgan fingerprint density at radius 2 is 0.719 bits per heavy atom. The van der Waals surface area contributed by atoms with E-state index in [2.05, 4.69) is 66.0 Å². The summed E-state index contributed by atoms with van der Waals surface area (Å²) < 4.78 is 22.8. The average molecular weight is 1300 g/mol. The van der Waals surface area contributed by atoms with E-state index in [0.29, 0.717) is 54.2 Å². The van der Waals surface area contributed by atoms with Gasteiger partial charge in [0.2, 0.25) is 33.6 Å². The van der Waals surface area contributed by atoms with Gasteiger partial charge in [-0.2, -0.15) is 0 Å². The number of carbonyl (C=O) groups excluding carboxylic acids is 3. The summed E-state index contributed by atoms with van der Waals surface area (Å²) in [6.45, 7) is 7.56. The molecule has 0 fully saturated rings. The van der Waals surface area contributed by atoms with Crippen LogP contribution in [0.2, 0.25) is 0 Å². The summed E-state index contributed by atoms with van der Waals surface area (Å²) in [7, 11) is 0. The van der Waals surface area contributed by atoms with Crippen molar-refractivity contribution >= 4 is 116 Å². The third-order valence-electron chi connectivity index (χ3n) is 9.25. The zero-order chi connectivity index (χ0) is 38.1. The minimum Gasteiger partial charge on any atom is -1.00 e. The Morgan fingerprint density at radius 1 is 0.456 bits per heavy atom. The van der Waals surface area contributed by atoms with E-state index in [0.717, 1.165) is 68.7 Å². The van der Waals surface area contributed by atoms with Crippen molar-refractivity contribution in [1.29, 1.82) is 0 Å². The number of pyridine rings is 3. The van der Waals surface area contributed by atoms with Crippen LogP contribution in [0, 0.1) is 20.8 Å². The van der Waals surface area contributed by atoms with Crippen molar-refractivity contribution in [1.82, 2.24) is 0 Å². The standard InChI is InChI=1S/3C14H11BrNO2.3HI/c3*1-9-2-3-10-5-11(7-17)14-16(13(10)4-9)12(6-15)8-18-14;;;/h3*2-7H,8H2,1H3;3*1H/q3*+1;;;/p-3. The minimum atomic E-state index is 0. The van der Waals surface area contributed by atoms with Crippen molar-refractivity contribution in [2.45, 2.75) is 20.8 Å². The molecule has 6 aromatic rings. The third-order valence-corrected chi connectivity index (χ3v) is 10.8. The molecule has 0 amide bonds. The van der Waals surface area contributed by atoms with Gasteiger partial charge in [0.15, 0.2) is 38.7 Å². The van der Waals surface area contributed by atoms with Gasteiger partial charge in [-0.15, -0.1) is 13.7 Å². The molecule has 9 rings (SSSR count). The number of carbonyl (C=O) groups is 3. The molecule has 0 N–H and O–H groups in total. The Bertz CT molecular complexity index is 2380. The number of aryl methyl sites for hydroxylation is 3. The van der Waals surface area contributed by atoms with Gasteiger partial charge >= 0.3 is 17.6 Å². The molecule has 9 nitrogen and oxygen atoms in total. The van der Waals surface area contributed by atoms with Crippen LogP contribution < -0.4 is 99.8 Å². The van der Waals surface area contributed by atoms with Gasteiger partial charge in [-0.1, -0.05) is 66.0 Å². The largest absolute Gasteiger partial charge is 1.00 e. The van der Waals surface area contributed by atoms with Crippen LogP contribution in [0.3, 0.4) is 0 Å². The summed E-state index contributed by atoms with van der Waals surface area (Å²) in [5.41, 5.74) is 11.4. The van der Waals surface area contributed by atoms with E-state index in [1.54, 1.807) is 0 Å². The van der Waals surface area contributed by atoms with Crippen molar-refractivity contribution in [3.8, 4) is 17.6 Å². The number of benzene rings is 3. The van der Waals surface area contributed by atoms with Crippen molar-refractivity contribution in [2.24, 2.45) is 0 Å². The molecule has 57 heavy (non-hydrogen) atoms. The normalized spacial score (nSPS) is 14.9. The fourth-order valence-electron chi connectivity index (χ4n) is 6.73. The topological polar surface area (TPSA) is 90.5 Å². The number of nitrogens with zero attached hydrogens (tertiary/aromatic N) is 3. The second-order valence-corrected chi connectivity index (χ2v) is 14.3. The van der Waals surface area contributed by atoms with Crippen LogP contribution in [-0.2, 0) is 0 Å². The van der Waals surface area contributed by atoms with Crippen LogP contribution in [0.4, 0.5) is 0 Å². The first-order chi connectivity index (χ1) is 26.2. The van der Waals surface area contributed by atoms with E-state index in [1.165, 1.54) is 16.7 Å². The molecule has 0 unspecified atom stereocenters. The fourth-order valence-corrected chi connectivity index (χ4v) is 7.74. The van der Waals surface area contributed by atoms with Gasteiger partial charge in [-0.3, -0.25) is 14.4 Å². The lowest BCUT2D eigenvalue weighted by atomic mass is 10.1. The van der Waals surface area contributed by atoms with Gasteiger partial charge in [0, 0.05) is 34.4 Å². The molecule has 0 atom stereocenters. The lowest BCUT2D eigenvalue weighted by Crippen LogP contribution is -3.00. The molecule has 3 aliphatic heterocycles. The highest BCUT2D eigenvalue weighted by molar-refractivity contribution is 9.11. The Morgan fingerprint density at radius 3 is 0.947 bits per heavy atom. The molecule has 0 saturated heterocycles. The van der Waals surface area contributed by atoms with Gasteiger partial charge in [0.25, 0.3) is 0 Å². The predicted octanol–water partition coefficient (Wildman–Crippen LogP) is -0.486. The van der Waals surface area contributed by atoms with Crippen LogP contribution in [-0.4, -0.2) is 38.7 Å². The smallest absolute Gasteiger partial charge is 0.385 e. The molecule has 3 aliphatic rings. The third kappa shape index (κ3) is 9.17. The van der Waals surface area contributed by atoms with E-state index >= 15 is 0 Å². The van der Waals surface area contributed by atoms with Crippen molar-refractivity contribution in [3.05, 3.63) is 121 Å². The predicted molar refractivity (Wildman–Crippen MR) is 219 cm³/mol. The van der Waals surface area contributed by atoms with Crippen LogP contribution >= 0.6 is 47.8 Å². The average Bonchev–Trinajstić information content (AvgIpc) is 3.95. The molecule has 15 heteroatoms. The SMILES string of the molecule is Cc1ccc2cc(C=O)c3[n+](c2c1)C(=CBr)CO3.Cc1ccc2cc(C=O)c3[n+](c2c1)C(=CBr)CO3.Cc1ccc2cc(C=O)c3[n+](c2c1)C(=CBr)CO3.[I-].[I-].[I-]. The number of ether oxygens (including phenoxy) is 3. The second kappa shape index (κ2) is 20.4. The maximum Gasteiger partial charge on any atom is 0.385 e. The molecule has 0 saturated carbocycles. The zero-order valence-corrected chi connectivity index (χ0v) is 41.8. The van der Waals surface area contributed by atoms with E-state index in [1.807, 2.05) is 104 Å². The summed E-state index contributed by atoms with van der Waals surface area (Å²) in [5.74, 6) is 1.86. The molecular formula is C42H33Br3I3N3O6. The maximum atomic E-state index is 11.1. The molecule has 0 bridgehead atoms. The van der Waals surface area contributed by atoms with Crippen LogP contribution in [0.15, 0.2) is 87.8 Å². The molecule has 0 radical (unpaired) electrons. The zero-order valence-electron chi connectivity index (χ0n) is 30.6. The maximum absolute atomic E-state index is 11.1. The van der Waals surface area contributed by atoms with E-state index in [4.69, 9.17) is 14.2 Å².